The van der Waals surface area contributed by atoms with E-state index in [1.807, 2.05) is 36.4 Å². The number of hydrogen-bond acceptors (Lipinski definition) is 1. The molecular weight excluding hydrogens is 192 g/mol. The number of allylic oxidation sites excluding steroid dienone is 1. The molecule has 1 aromatic carbocycles. The van der Waals surface area contributed by atoms with E-state index in [0.717, 1.165) is 6.42 Å². The van der Waals surface area contributed by atoms with E-state index in [2.05, 4.69) is 6.58 Å². The summed E-state index contributed by atoms with van der Waals surface area (Å²) in [4.78, 5) is 0. The molecule has 0 spiro atoms. The molecule has 1 aromatic rings. The van der Waals surface area contributed by atoms with Crippen molar-refractivity contribution >= 4 is 17.3 Å². The standard InChI is InChI=1S/C12H14OS/c1-2-6-11(9-12(13)14)10-7-4-3-5-8-10/h2-5,7-8,11H,1,6,9H2,(H,13,14). The zero-order valence-corrected chi connectivity index (χ0v) is 8.83. The number of hydrogen-bond donors (Lipinski definition) is 1. The summed E-state index contributed by atoms with van der Waals surface area (Å²) in [6.45, 7) is 3.71. The second kappa shape index (κ2) is 5.55. The van der Waals surface area contributed by atoms with Gasteiger partial charge in [-0.25, -0.2) is 0 Å². The predicted octanol–water partition coefficient (Wildman–Crippen LogP) is 3.62. The summed E-state index contributed by atoms with van der Waals surface area (Å²) in [6, 6.07) is 10.1. The Hall–Kier alpha value is -1.15. The van der Waals surface area contributed by atoms with Gasteiger partial charge in [0, 0.05) is 6.42 Å². The second-order valence-corrected chi connectivity index (χ2v) is 3.70. The van der Waals surface area contributed by atoms with Crippen LogP contribution in [0.2, 0.25) is 0 Å². The third kappa shape index (κ3) is 3.30. The molecule has 0 bridgehead atoms. The quantitative estimate of drug-likeness (QED) is 0.586. The molecule has 0 aliphatic heterocycles. The second-order valence-electron chi connectivity index (χ2n) is 3.23. The molecule has 2 heteroatoms. The van der Waals surface area contributed by atoms with Crippen LogP contribution in [0.4, 0.5) is 0 Å². The highest BCUT2D eigenvalue weighted by Crippen LogP contribution is 2.23. The minimum Gasteiger partial charge on any atom is -0.502 e. The molecule has 14 heavy (non-hydrogen) atoms. The van der Waals surface area contributed by atoms with Gasteiger partial charge in [0.25, 0.3) is 0 Å². The van der Waals surface area contributed by atoms with Gasteiger partial charge in [-0.05, 0) is 30.1 Å². The van der Waals surface area contributed by atoms with Crippen LogP contribution in [0, 0.1) is 0 Å². The van der Waals surface area contributed by atoms with E-state index < -0.39 is 0 Å². The van der Waals surface area contributed by atoms with Crippen LogP contribution in [-0.4, -0.2) is 10.2 Å². The van der Waals surface area contributed by atoms with Gasteiger partial charge < -0.3 is 5.11 Å². The molecular formula is C12H14OS. The Balaban J connectivity index is 2.77. The van der Waals surface area contributed by atoms with Gasteiger partial charge in [-0.15, -0.1) is 6.58 Å². The van der Waals surface area contributed by atoms with Gasteiger partial charge in [-0.1, -0.05) is 36.4 Å². The predicted molar refractivity (Wildman–Crippen MR) is 63.8 cm³/mol. The number of thiocarbonyl (C=S) groups is 1. The molecule has 0 aliphatic carbocycles. The zero-order chi connectivity index (χ0) is 10.4. The van der Waals surface area contributed by atoms with E-state index in [4.69, 9.17) is 17.3 Å². The molecule has 0 saturated heterocycles. The fourth-order valence-corrected chi connectivity index (χ4v) is 1.68. The normalized spacial score (nSPS) is 12.0. The van der Waals surface area contributed by atoms with Crippen molar-refractivity contribution in [1.29, 1.82) is 0 Å². The summed E-state index contributed by atoms with van der Waals surface area (Å²) < 4.78 is 0. The summed E-state index contributed by atoms with van der Waals surface area (Å²) in [5.41, 5.74) is 1.20. The van der Waals surface area contributed by atoms with E-state index >= 15 is 0 Å². The van der Waals surface area contributed by atoms with Crippen LogP contribution in [0.15, 0.2) is 43.0 Å². The first-order valence-corrected chi connectivity index (χ1v) is 5.02. The van der Waals surface area contributed by atoms with Crippen molar-refractivity contribution in [3.8, 4) is 0 Å². The van der Waals surface area contributed by atoms with Crippen molar-refractivity contribution in [2.24, 2.45) is 0 Å². The highest BCUT2D eigenvalue weighted by Gasteiger charge is 2.11. The van der Waals surface area contributed by atoms with Gasteiger partial charge >= 0.3 is 0 Å². The fraction of sp³-hybridized carbons (Fsp3) is 0.250. The maximum atomic E-state index is 9.11. The van der Waals surface area contributed by atoms with E-state index in [9.17, 15) is 0 Å². The van der Waals surface area contributed by atoms with Gasteiger partial charge in [-0.2, -0.15) is 0 Å². The monoisotopic (exact) mass is 206 g/mol. The van der Waals surface area contributed by atoms with Crippen molar-refractivity contribution in [3.63, 3.8) is 0 Å². The Kier molecular flexibility index (Phi) is 4.33. The molecule has 0 aromatic heterocycles. The minimum atomic E-state index is 0.0701. The van der Waals surface area contributed by atoms with Crippen LogP contribution in [0.3, 0.4) is 0 Å². The van der Waals surface area contributed by atoms with Crippen molar-refractivity contribution in [1.82, 2.24) is 0 Å². The lowest BCUT2D eigenvalue weighted by Crippen LogP contribution is -2.03. The highest BCUT2D eigenvalue weighted by molar-refractivity contribution is 7.80. The topological polar surface area (TPSA) is 20.2 Å². The van der Waals surface area contributed by atoms with Gasteiger partial charge in [0.05, 0.1) is 0 Å². The Labute approximate surface area is 90.1 Å². The maximum absolute atomic E-state index is 9.11. The number of aliphatic hydroxyl groups is 1. The van der Waals surface area contributed by atoms with Crippen molar-refractivity contribution in [3.05, 3.63) is 48.6 Å². The SMILES string of the molecule is C=CCC(CC(O)=S)c1ccccc1. The lowest BCUT2D eigenvalue weighted by molar-refractivity contribution is 0.531. The summed E-state index contributed by atoms with van der Waals surface area (Å²) in [7, 11) is 0. The molecule has 74 valence electrons. The zero-order valence-electron chi connectivity index (χ0n) is 8.02. The average Bonchev–Trinajstić information content (AvgIpc) is 2.18. The molecule has 0 fully saturated rings. The molecule has 1 unspecified atom stereocenters. The number of rotatable bonds is 5. The summed E-state index contributed by atoms with van der Waals surface area (Å²) in [6.07, 6.45) is 3.23. The third-order valence-electron chi connectivity index (χ3n) is 2.14. The van der Waals surface area contributed by atoms with E-state index in [0.29, 0.717) is 6.42 Å². The summed E-state index contributed by atoms with van der Waals surface area (Å²) in [5, 5.41) is 9.18. The molecule has 1 rings (SSSR count). The highest BCUT2D eigenvalue weighted by atomic mass is 32.1. The van der Waals surface area contributed by atoms with Crippen LogP contribution < -0.4 is 0 Å². The smallest absolute Gasteiger partial charge is 0.157 e. The maximum Gasteiger partial charge on any atom is 0.157 e. The van der Waals surface area contributed by atoms with Gasteiger partial charge in [0.2, 0.25) is 0 Å². The Morgan fingerprint density at radius 1 is 1.43 bits per heavy atom. The molecule has 0 amide bonds. The van der Waals surface area contributed by atoms with Crippen LogP contribution in [0.5, 0.6) is 0 Å². The Morgan fingerprint density at radius 3 is 2.57 bits per heavy atom. The molecule has 1 atom stereocenters. The van der Waals surface area contributed by atoms with Crippen molar-refractivity contribution < 1.29 is 5.11 Å². The van der Waals surface area contributed by atoms with E-state index in [1.165, 1.54) is 5.56 Å². The first kappa shape index (κ1) is 10.9. The van der Waals surface area contributed by atoms with Crippen LogP contribution in [-0.2, 0) is 0 Å². The number of benzene rings is 1. The molecule has 1 N–H and O–H groups in total. The van der Waals surface area contributed by atoms with Gasteiger partial charge in [-0.3, -0.25) is 0 Å². The van der Waals surface area contributed by atoms with Crippen LogP contribution in [0.25, 0.3) is 0 Å². The van der Waals surface area contributed by atoms with E-state index in [-0.39, 0.29) is 11.0 Å². The van der Waals surface area contributed by atoms with Crippen LogP contribution in [0.1, 0.15) is 24.3 Å². The van der Waals surface area contributed by atoms with Crippen LogP contribution >= 0.6 is 12.2 Å². The number of aliphatic hydroxyl groups excluding tert-OH is 1. The first-order chi connectivity index (χ1) is 6.74. The molecule has 0 saturated carbocycles. The first-order valence-electron chi connectivity index (χ1n) is 4.61. The van der Waals surface area contributed by atoms with Crippen molar-refractivity contribution in [2.75, 3.05) is 0 Å². The third-order valence-corrected chi connectivity index (χ3v) is 2.31. The molecule has 1 nitrogen and oxygen atoms in total. The largest absolute Gasteiger partial charge is 0.502 e. The summed E-state index contributed by atoms with van der Waals surface area (Å²) in [5.74, 6) is 0.256. The molecule has 0 radical (unpaired) electrons. The molecule has 0 aliphatic rings. The van der Waals surface area contributed by atoms with E-state index in [1.54, 1.807) is 0 Å². The summed E-state index contributed by atoms with van der Waals surface area (Å²) >= 11 is 4.71. The van der Waals surface area contributed by atoms with Gasteiger partial charge in [0.1, 0.15) is 0 Å². The fourth-order valence-electron chi connectivity index (χ4n) is 1.47. The Morgan fingerprint density at radius 2 is 2.07 bits per heavy atom. The lowest BCUT2D eigenvalue weighted by Gasteiger charge is -2.13. The van der Waals surface area contributed by atoms with Crippen molar-refractivity contribution in [2.45, 2.75) is 18.8 Å². The molecule has 0 heterocycles. The average molecular weight is 206 g/mol. The Bertz CT molecular complexity index is 305. The lowest BCUT2D eigenvalue weighted by atomic mass is 9.93. The minimum absolute atomic E-state index is 0.0701. The van der Waals surface area contributed by atoms with Gasteiger partial charge in [0.15, 0.2) is 5.05 Å².